The second-order valence-corrected chi connectivity index (χ2v) is 6.63. The Morgan fingerprint density at radius 2 is 1.73 bits per heavy atom. The summed E-state index contributed by atoms with van der Waals surface area (Å²) in [5, 5.41) is 7.09. The number of rotatable bonds is 4. The van der Waals surface area contributed by atoms with Gasteiger partial charge in [-0.2, -0.15) is 5.10 Å². The van der Waals surface area contributed by atoms with Gasteiger partial charge in [0, 0.05) is 44.5 Å². The van der Waals surface area contributed by atoms with E-state index in [1.165, 1.54) is 0 Å². The van der Waals surface area contributed by atoms with E-state index in [-0.39, 0.29) is 11.8 Å². The topological polar surface area (TPSA) is 70.5 Å². The molecule has 1 aromatic heterocycles. The van der Waals surface area contributed by atoms with Gasteiger partial charge in [0.1, 0.15) is 0 Å². The van der Waals surface area contributed by atoms with Crippen molar-refractivity contribution in [3.05, 3.63) is 47.3 Å². The van der Waals surface area contributed by atoms with E-state index in [0.29, 0.717) is 38.3 Å². The first-order valence-electron chi connectivity index (χ1n) is 8.84. The highest BCUT2D eigenvalue weighted by molar-refractivity contribution is 5.94. The Hall–Kier alpha value is -2.67. The Bertz CT molecular complexity index is 789. The molecule has 7 heteroatoms. The summed E-state index contributed by atoms with van der Waals surface area (Å²) in [5.41, 5.74) is 3.66. The summed E-state index contributed by atoms with van der Waals surface area (Å²) in [6, 6.07) is 9.58. The summed E-state index contributed by atoms with van der Waals surface area (Å²) >= 11 is 0. The Kier molecular flexibility index (Phi) is 5.37. The standard InChI is InChI=1S/C19H25N5O2/c1-14-12-15(2)24(21-14)17-6-4-16(5-7-17)19(26)23-10-8-22(9-11-23)13-18(25)20-3/h4-7,12H,8-11,13H2,1-3H3,(H,20,25). The van der Waals surface area contributed by atoms with Crippen molar-refractivity contribution in [2.45, 2.75) is 13.8 Å². The van der Waals surface area contributed by atoms with Gasteiger partial charge in [0.2, 0.25) is 5.91 Å². The summed E-state index contributed by atoms with van der Waals surface area (Å²) in [6.07, 6.45) is 0. The summed E-state index contributed by atoms with van der Waals surface area (Å²) in [7, 11) is 1.64. The van der Waals surface area contributed by atoms with Crippen molar-refractivity contribution in [2.24, 2.45) is 0 Å². The van der Waals surface area contributed by atoms with E-state index < -0.39 is 0 Å². The minimum absolute atomic E-state index is 0.00418. The molecule has 0 bridgehead atoms. The van der Waals surface area contributed by atoms with E-state index >= 15 is 0 Å². The van der Waals surface area contributed by atoms with Crippen molar-refractivity contribution in [3.8, 4) is 5.69 Å². The molecule has 1 fully saturated rings. The molecule has 3 rings (SSSR count). The zero-order valence-corrected chi connectivity index (χ0v) is 15.5. The number of nitrogens with zero attached hydrogens (tertiary/aromatic N) is 4. The number of carbonyl (C=O) groups is 2. The molecule has 1 aliphatic rings. The molecule has 2 heterocycles. The van der Waals surface area contributed by atoms with Gasteiger partial charge in [-0.25, -0.2) is 4.68 Å². The number of nitrogens with one attached hydrogen (secondary N) is 1. The highest BCUT2D eigenvalue weighted by Crippen LogP contribution is 2.15. The molecule has 0 radical (unpaired) electrons. The molecule has 26 heavy (non-hydrogen) atoms. The first kappa shape index (κ1) is 18.1. The molecule has 0 atom stereocenters. The largest absolute Gasteiger partial charge is 0.358 e. The van der Waals surface area contributed by atoms with Crippen LogP contribution in [0.1, 0.15) is 21.7 Å². The normalized spacial score (nSPS) is 15.1. The molecule has 2 amide bonds. The predicted molar refractivity (Wildman–Crippen MR) is 99.4 cm³/mol. The molecule has 0 unspecified atom stereocenters. The van der Waals surface area contributed by atoms with Gasteiger partial charge in [0.15, 0.2) is 0 Å². The average Bonchev–Trinajstić information content (AvgIpc) is 3.00. The molecule has 2 aromatic rings. The van der Waals surface area contributed by atoms with Crippen LogP contribution in [0.15, 0.2) is 30.3 Å². The molecule has 7 nitrogen and oxygen atoms in total. The first-order chi connectivity index (χ1) is 12.5. The SMILES string of the molecule is CNC(=O)CN1CCN(C(=O)c2ccc(-n3nc(C)cc3C)cc2)CC1. The van der Waals surface area contributed by atoms with Gasteiger partial charge in [-0.1, -0.05) is 0 Å². The molecule has 1 aromatic carbocycles. The number of carbonyl (C=O) groups excluding carboxylic acids is 2. The quantitative estimate of drug-likeness (QED) is 0.888. The zero-order valence-electron chi connectivity index (χ0n) is 15.5. The fourth-order valence-electron chi connectivity index (χ4n) is 3.21. The molecule has 1 saturated heterocycles. The maximum Gasteiger partial charge on any atom is 0.253 e. The number of likely N-dealkylation sites (N-methyl/N-ethyl adjacent to an activating group) is 1. The minimum atomic E-state index is 0.00418. The van der Waals surface area contributed by atoms with Gasteiger partial charge in [-0.05, 0) is 44.2 Å². The van der Waals surface area contributed by atoms with Crippen LogP contribution in [-0.2, 0) is 4.79 Å². The van der Waals surface area contributed by atoms with Crippen molar-refractivity contribution in [1.82, 2.24) is 24.9 Å². The number of amides is 2. The smallest absolute Gasteiger partial charge is 0.253 e. The van der Waals surface area contributed by atoms with Crippen LogP contribution >= 0.6 is 0 Å². The van der Waals surface area contributed by atoms with Gasteiger partial charge in [0.25, 0.3) is 5.91 Å². The minimum Gasteiger partial charge on any atom is -0.358 e. The third-order valence-corrected chi connectivity index (χ3v) is 4.67. The van der Waals surface area contributed by atoms with Gasteiger partial charge >= 0.3 is 0 Å². The molecular weight excluding hydrogens is 330 g/mol. The van der Waals surface area contributed by atoms with E-state index in [9.17, 15) is 9.59 Å². The van der Waals surface area contributed by atoms with Crippen LogP contribution in [0, 0.1) is 13.8 Å². The van der Waals surface area contributed by atoms with Crippen LogP contribution in [0.25, 0.3) is 5.69 Å². The van der Waals surface area contributed by atoms with Gasteiger partial charge in [-0.15, -0.1) is 0 Å². The van der Waals surface area contributed by atoms with Crippen LogP contribution in [0.3, 0.4) is 0 Å². The fourth-order valence-corrected chi connectivity index (χ4v) is 3.21. The third-order valence-electron chi connectivity index (χ3n) is 4.67. The van der Waals surface area contributed by atoms with Crippen molar-refractivity contribution >= 4 is 11.8 Å². The number of benzene rings is 1. The van der Waals surface area contributed by atoms with E-state index in [1.807, 2.05) is 53.8 Å². The number of piperazine rings is 1. The van der Waals surface area contributed by atoms with E-state index in [4.69, 9.17) is 0 Å². The first-order valence-corrected chi connectivity index (χ1v) is 8.84. The number of aromatic nitrogens is 2. The lowest BCUT2D eigenvalue weighted by atomic mass is 10.1. The molecular formula is C19H25N5O2. The maximum absolute atomic E-state index is 12.7. The predicted octanol–water partition coefficient (Wildman–Crippen LogP) is 0.993. The van der Waals surface area contributed by atoms with Crippen molar-refractivity contribution in [1.29, 1.82) is 0 Å². The van der Waals surface area contributed by atoms with E-state index in [0.717, 1.165) is 17.1 Å². The summed E-state index contributed by atoms with van der Waals surface area (Å²) in [4.78, 5) is 28.1. The summed E-state index contributed by atoms with van der Waals surface area (Å²) < 4.78 is 1.88. The highest BCUT2D eigenvalue weighted by Gasteiger charge is 2.23. The fraction of sp³-hybridized carbons (Fsp3) is 0.421. The van der Waals surface area contributed by atoms with Crippen LogP contribution in [0.5, 0.6) is 0 Å². The molecule has 0 aliphatic carbocycles. The molecule has 1 aliphatic heterocycles. The number of hydrogen-bond acceptors (Lipinski definition) is 4. The lowest BCUT2D eigenvalue weighted by molar-refractivity contribution is -0.122. The summed E-state index contributed by atoms with van der Waals surface area (Å²) in [6.45, 7) is 7.05. The van der Waals surface area contributed by atoms with E-state index in [2.05, 4.69) is 15.3 Å². The maximum atomic E-state index is 12.7. The van der Waals surface area contributed by atoms with Crippen LogP contribution < -0.4 is 5.32 Å². The third kappa shape index (κ3) is 3.94. The average molecular weight is 355 g/mol. The monoisotopic (exact) mass is 355 g/mol. The Labute approximate surface area is 153 Å². The van der Waals surface area contributed by atoms with Gasteiger partial charge < -0.3 is 10.2 Å². The van der Waals surface area contributed by atoms with Gasteiger partial charge in [0.05, 0.1) is 17.9 Å². The Morgan fingerprint density at radius 3 is 2.27 bits per heavy atom. The van der Waals surface area contributed by atoms with Crippen molar-refractivity contribution in [3.63, 3.8) is 0 Å². The lowest BCUT2D eigenvalue weighted by Crippen LogP contribution is -2.50. The highest BCUT2D eigenvalue weighted by atomic mass is 16.2. The van der Waals surface area contributed by atoms with Crippen molar-refractivity contribution in [2.75, 3.05) is 39.8 Å². The summed E-state index contributed by atoms with van der Waals surface area (Å²) in [5.74, 6) is 0.0361. The number of aryl methyl sites for hydroxylation is 2. The molecule has 0 saturated carbocycles. The number of hydrogen-bond donors (Lipinski definition) is 1. The zero-order chi connectivity index (χ0) is 18.7. The lowest BCUT2D eigenvalue weighted by Gasteiger charge is -2.34. The van der Waals surface area contributed by atoms with Gasteiger partial charge in [-0.3, -0.25) is 14.5 Å². The van der Waals surface area contributed by atoms with Crippen LogP contribution in [0.4, 0.5) is 0 Å². The molecule has 138 valence electrons. The second-order valence-electron chi connectivity index (χ2n) is 6.63. The molecule has 1 N–H and O–H groups in total. The van der Waals surface area contributed by atoms with Crippen LogP contribution in [0.2, 0.25) is 0 Å². The van der Waals surface area contributed by atoms with Crippen molar-refractivity contribution < 1.29 is 9.59 Å². The Balaban J connectivity index is 1.62. The Morgan fingerprint density at radius 1 is 1.08 bits per heavy atom. The van der Waals surface area contributed by atoms with Crippen LogP contribution in [-0.4, -0.2) is 71.2 Å². The second kappa shape index (κ2) is 7.70. The molecule has 0 spiro atoms. The van der Waals surface area contributed by atoms with E-state index in [1.54, 1.807) is 7.05 Å².